The van der Waals surface area contributed by atoms with Crippen LogP contribution in [0.15, 0.2) is 48.5 Å². The Balaban J connectivity index is 2.01. The van der Waals surface area contributed by atoms with E-state index in [-0.39, 0.29) is 0 Å². The molecule has 0 amide bonds. The molecule has 0 aliphatic heterocycles. The largest absolute Gasteiger partial charge is 0.141 e. The molecule has 5 rings (SSSR count). The number of rotatable bonds is 0. The van der Waals surface area contributed by atoms with E-state index in [1.54, 1.807) is 0 Å². The summed E-state index contributed by atoms with van der Waals surface area (Å²) in [6.07, 6.45) is 0. The highest BCUT2D eigenvalue weighted by Crippen LogP contribution is 2.38. The fraction of sp³-hybridized carbons (Fsp3) is 0.100. The van der Waals surface area contributed by atoms with Crippen LogP contribution in [0.5, 0.6) is 0 Å². The Morgan fingerprint density at radius 1 is 0.591 bits per heavy atom. The van der Waals surface area contributed by atoms with Crippen LogP contribution < -0.4 is 0 Å². The van der Waals surface area contributed by atoms with Gasteiger partial charge in [0.25, 0.3) is 0 Å². The van der Waals surface area contributed by atoms with E-state index >= 15 is 0 Å². The van der Waals surface area contributed by atoms with Gasteiger partial charge in [-0.2, -0.15) is 0 Å². The third-order valence-corrected chi connectivity index (χ3v) is 6.49. The first-order chi connectivity index (χ1) is 10.7. The Labute approximate surface area is 136 Å². The minimum atomic E-state index is 1.34. The highest BCUT2D eigenvalue weighted by Gasteiger charge is 2.08. The summed E-state index contributed by atoms with van der Waals surface area (Å²) >= 11 is 3.79. The van der Waals surface area contributed by atoms with Crippen molar-refractivity contribution in [1.29, 1.82) is 0 Å². The second-order valence-electron chi connectivity index (χ2n) is 5.97. The standard InChI is InChI=1S/C20H14S2/c1-11-8-15-9-13-3-6-17-16(18(13)10-19(15)21-11)5-4-14-7-12(2)22-20(14)17/h3-10H,1-2H3. The van der Waals surface area contributed by atoms with Gasteiger partial charge in [-0.15, -0.1) is 22.7 Å². The van der Waals surface area contributed by atoms with Crippen molar-refractivity contribution in [1.82, 2.24) is 0 Å². The normalized spacial score (nSPS) is 12.1. The molecule has 0 saturated carbocycles. The van der Waals surface area contributed by atoms with Gasteiger partial charge in [0.1, 0.15) is 0 Å². The molecule has 2 heteroatoms. The number of hydrogen-bond acceptors (Lipinski definition) is 2. The highest BCUT2D eigenvalue weighted by molar-refractivity contribution is 7.20. The fourth-order valence-electron chi connectivity index (χ4n) is 3.44. The Kier molecular flexibility index (Phi) is 2.47. The van der Waals surface area contributed by atoms with E-state index in [9.17, 15) is 0 Å². The first kappa shape index (κ1) is 12.6. The van der Waals surface area contributed by atoms with E-state index < -0.39 is 0 Å². The lowest BCUT2D eigenvalue weighted by Gasteiger charge is -2.05. The Bertz CT molecular complexity index is 1190. The predicted octanol–water partition coefficient (Wildman–Crippen LogP) is 7.04. The lowest BCUT2D eigenvalue weighted by molar-refractivity contribution is 1.66. The SMILES string of the molecule is Cc1cc2cc3ccc4c(ccc5cc(C)sc54)c3cc2s1. The van der Waals surface area contributed by atoms with Crippen molar-refractivity contribution in [2.45, 2.75) is 13.8 Å². The zero-order valence-corrected chi connectivity index (χ0v) is 14.1. The molecule has 0 fully saturated rings. The lowest BCUT2D eigenvalue weighted by atomic mass is 10.00. The van der Waals surface area contributed by atoms with Gasteiger partial charge < -0.3 is 0 Å². The molecule has 5 aromatic rings. The van der Waals surface area contributed by atoms with Crippen LogP contribution in [0, 0.1) is 13.8 Å². The predicted molar refractivity (Wildman–Crippen MR) is 102 cm³/mol. The number of aryl methyl sites for hydroxylation is 2. The number of fused-ring (bicyclic) bond motifs is 6. The third-order valence-electron chi connectivity index (χ3n) is 4.38. The molecular weight excluding hydrogens is 304 g/mol. The second-order valence-corrected chi connectivity index (χ2v) is 8.51. The van der Waals surface area contributed by atoms with Crippen molar-refractivity contribution in [3.63, 3.8) is 0 Å². The maximum atomic E-state index is 2.37. The topological polar surface area (TPSA) is 0 Å². The van der Waals surface area contributed by atoms with Gasteiger partial charge in [0.15, 0.2) is 0 Å². The maximum Gasteiger partial charge on any atom is 0.0424 e. The van der Waals surface area contributed by atoms with Gasteiger partial charge in [0.2, 0.25) is 0 Å². The number of hydrogen-bond donors (Lipinski definition) is 0. The number of thiophene rings is 2. The fourth-order valence-corrected chi connectivity index (χ4v) is 5.42. The van der Waals surface area contributed by atoms with Crippen molar-refractivity contribution >= 4 is 64.4 Å². The maximum absolute atomic E-state index is 2.37. The van der Waals surface area contributed by atoms with Crippen molar-refractivity contribution < 1.29 is 0 Å². The highest BCUT2D eigenvalue weighted by atomic mass is 32.1. The van der Waals surface area contributed by atoms with Crippen molar-refractivity contribution in [2.24, 2.45) is 0 Å². The Morgan fingerprint density at radius 3 is 2.23 bits per heavy atom. The van der Waals surface area contributed by atoms with Gasteiger partial charge in [0.05, 0.1) is 0 Å². The van der Waals surface area contributed by atoms with Crippen molar-refractivity contribution in [3.05, 3.63) is 58.3 Å². The first-order valence-corrected chi connectivity index (χ1v) is 9.08. The third kappa shape index (κ3) is 1.68. The Morgan fingerprint density at radius 2 is 1.32 bits per heavy atom. The molecule has 0 bridgehead atoms. The molecule has 0 nitrogen and oxygen atoms in total. The lowest BCUT2D eigenvalue weighted by Crippen LogP contribution is -1.78. The molecule has 0 aliphatic carbocycles. The summed E-state index contributed by atoms with van der Waals surface area (Å²) in [6.45, 7) is 4.38. The summed E-state index contributed by atoms with van der Waals surface area (Å²) in [4.78, 5) is 2.76. The van der Waals surface area contributed by atoms with Gasteiger partial charge in [-0.1, -0.05) is 24.3 Å². The molecule has 0 saturated heterocycles. The van der Waals surface area contributed by atoms with Gasteiger partial charge in [-0.05, 0) is 65.0 Å². The van der Waals surface area contributed by atoms with Crippen LogP contribution in [-0.2, 0) is 0 Å². The van der Waals surface area contributed by atoms with E-state index in [4.69, 9.17) is 0 Å². The van der Waals surface area contributed by atoms with Crippen LogP contribution in [0.4, 0.5) is 0 Å². The van der Waals surface area contributed by atoms with E-state index in [0.717, 1.165) is 0 Å². The zero-order chi connectivity index (χ0) is 14.8. The van der Waals surface area contributed by atoms with E-state index in [1.807, 2.05) is 22.7 Å². The van der Waals surface area contributed by atoms with Gasteiger partial charge in [-0.25, -0.2) is 0 Å². The quantitative estimate of drug-likeness (QED) is 0.269. The molecule has 2 aromatic heterocycles. The van der Waals surface area contributed by atoms with Gasteiger partial charge >= 0.3 is 0 Å². The Hall–Kier alpha value is -1.90. The van der Waals surface area contributed by atoms with Crippen LogP contribution in [0.2, 0.25) is 0 Å². The van der Waals surface area contributed by atoms with Crippen molar-refractivity contribution in [3.8, 4) is 0 Å². The van der Waals surface area contributed by atoms with Crippen LogP contribution >= 0.6 is 22.7 Å². The summed E-state index contributed by atoms with van der Waals surface area (Å²) in [5.74, 6) is 0. The summed E-state index contributed by atoms with van der Waals surface area (Å²) in [6, 6.07) is 18.4. The van der Waals surface area contributed by atoms with Gasteiger partial charge in [-0.3, -0.25) is 0 Å². The van der Waals surface area contributed by atoms with Gasteiger partial charge in [0, 0.05) is 24.5 Å². The van der Waals surface area contributed by atoms with Crippen molar-refractivity contribution in [2.75, 3.05) is 0 Å². The zero-order valence-electron chi connectivity index (χ0n) is 12.4. The van der Waals surface area contributed by atoms with Crippen LogP contribution in [-0.4, -0.2) is 0 Å². The minimum Gasteiger partial charge on any atom is -0.141 e. The minimum absolute atomic E-state index is 1.34. The molecule has 0 aliphatic rings. The summed E-state index contributed by atoms with van der Waals surface area (Å²) in [5, 5.41) is 8.20. The molecular formula is C20H14S2. The molecule has 3 aromatic carbocycles. The molecule has 0 atom stereocenters. The monoisotopic (exact) mass is 318 g/mol. The smallest absolute Gasteiger partial charge is 0.0424 e. The van der Waals surface area contributed by atoms with Crippen LogP contribution in [0.3, 0.4) is 0 Å². The second kappa shape index (κ2) is 4.31. The molecule has 22 heavy (non-hydrogen) atoms. The molecule has 0 unspecified atom stereocenters. The average Bonchev–Trinajstić information content (AvgIpc) is 3.04. The van der Waals surface area contributed by atoms with Crippen LogP contribution in [0.25, 0.3) is 41.7 Å². The molecule has 0 spiro atoms. The average molecular weight is 318 g/mol. The summed E-state index contributed by atoms with van der Waals surface area (Å²) in [7, 11) is 0. The summed E-state index contributed by atoms with van der Waals surface area (Å²) < 4.78 is 2.80. The number of benzene rings is 3. The molecule has 0 N–H and O–H groups in total. The first-order valence-electron chi connectivity index (χ1n) is 7.45. The molecule has 106 valence electrons. The molecule has 0 radical (unpaired) electrons. The van der Waals surface area contributed by atoms with Crippen LogP contribution in [0.1, 0.15) is 9.75 Å². The molecule has 2 heterocycles. The van der Waals surface area contributed by atoms with E-state index in [0.29, 0.717) is 0 Å². The van der Waals surface area contributed by atoms with E-state index in [1.165, 1.54) is 51.5 Å². The summed E-state index contributed by atoms with van der Waals surface area (Å²) in [5.41, 5.74) is 0. The van der Waals surface area contributed by atoms with E-state index in [2.05, 4.69) is 62.4 Å².